The first-order chi connectivity index (χ1) is 27.6. The van der Waals surface area contributed by atoms with Crippen LogP contribution in [0.25, 0.3) is 21.5 Å². The van der Waals surface area contributed by atoms with Crippen LogP contribution in [0.3, 0.4) is 0 Å². The molecule has 0 radical (unpaired) electrons. The van der Waals surface area contributed by atoms with E-state index in [2.05, 4.69) is 13.2 Å². The maximum atomic E-state index is 13.2. The van der Waals surface area contributed by atoms with Gasteiger partial charge in [-0.05, 0) is 134 Å². The minimum atomic E-state index is -0.656. The zero-order valence-corrected chi connectivity index (χ0v) is 31.8. The summed E-state index contributed by atoms with van der Waals surface area (Å²) in [4.78, 5) is 61.2. The smallest absolute Gasteiger partial charge is 0.343 e. The van der Waals surface area contributed by atoms with Crippen molar-refractivity contribution in [1.29, 1.82) is 0 Å². The molecule has 0 aliphatic rings. The summed E-state index contributed by atoms with van der Waals surface area (Å²) in [6.07, 6.45) is 7.05. The molecule has 0 atom stereocenters. The van der Waals surface area contributed by atoms with Crippen LogP contribution in [0, 0.1) is 0 Å². The van der Waals surface area contributed by atoms with Gasteiger partial charge in [0.1, 0.15) is 23.0 Å². The van der Waals surface area contributed by atoms with Gasteiger partial charge in [0.05, 0.1) is 43.1 Å². The molecule has 0 aliphatic carbocycles. The molecule has 11 nitrogen and oxygen atoms in total. The molecule has 0 aliphatic heterocycles. The van der Waals surface area contributed by atoms with Gasteiger partial charge in [0.25, 0.3) is 0 Å². The molecule has 5 aromatic rings. The van der Waals surface area contributed by atoms with E-state index < -0.39 is 23.9 Å². The molecule has 0 N–H and O–H groups in total. The lowest BCUT2D eigenvalue weighted by Gasteiger charge is -2.12. The van der Waals surface area contributed by atoms with Gasteiger partial charge in [-0.15, -0.1) is 0 Å². The predicted octanol–water partition coefficient (Wildman–Crippen LogP) is 9.19. The molecule has 57 heavy (non-hydrogen) atoms. The Hall–Kier alpha value is -6.75. The fourth-order valence-corrected chi connectivity index (χ4v) is 5.75. The van der Waals surface area contributed by atoms with Crippen molar-refractivity contribution < 1.29 is 52.4 Å². The van der Waals surface area contributed by atoms with Crippen molar-refractivity contribution in [2.24, 2.45) is 0 Å². The molecule has 0 saturated carbocycles. The molecule has 0 aromatic heterocycles. The maximum absolute atomic E-state index is 13.2. The summed E-state index contributed by atoms with van der Waals surface area (Å²) >= 11 is 0. The number of unbranched alkanes of at least 4 members (excludes halogenated alkanes) is 4. The number of hydrogen-bond acceptors (Lipinski definition) is 11. The quantitative estimate of drug-likeness (QED) is 0.0232. The van der Waals surface area contributed by atoms with E-state index in [-0.39, 0.29) is 28.4 Å². The Balaban J connectivity index is 1.13. The number of carbonyl (C=O) groups is 5. The van der Waals surface area contributed by atoms with Gasteiger partial charge in [-0.1, -0.05) is 37.4 Å². The summed E-state index contributed by atoms with van der Waals surface area (Å²) in [5.41, 5.74) is 0.675. The van der Waals surface area contributed by atoms with Crippen molar-refractivity contribution in [2.75, 3.05) is 26.4 Å². The number of fused-ring (bicyclic) bond motifs is 2. The molecular weight excluding hydrogens is 728 g/mol. The highest BCUT2D eigenvalue weighted by molar-refractivity contribution is 6.01. The first kappa shape index (κ1) is 41.4. The predicted molar refractivity (Wildman–Crippen MR) is 215 cm³/mol. The second-order valence-electron chi connectivity index (χ2n) is 13.0. The number of benzene rings is 5. The van der Waals surface area contributed by atoms with E-state index in [4.69, 9.17) is 28.4 Å². The van der Waals surface area contributed by atoms with E-state index in [1.54, 1.807) is 36.4 Å². The van der Waals surface area contributed by atoms with E-state index in [1.807, 2.05) is 36.4 Å². The zero-order valence-electron chi connectivity index (χ0n) is 31.8. The van der Waals surface area contributed by atoms with E-state index in [0.29, 0.717) is 43.5 Å². The van der Waals surface area contributed by atoms with Crippen molar-refractivity contribution in [3.05, 3.63) is 133 Å². The van der Waals surface area contributed by atoms with Gasteiger partial charge in [0.2, 0.25) is 0 Å². The second kappa shape index (κ2) is 20.8. The van der Waals surface area contributed by atoms with Crippen LogP contribution in [-0.4, -0.2) is 56.1 Å². The molecule has 11 heteroatoms. The van der Waals surface area contributed by atoms with Gasteiger partial charge in [-0.3, -0.25) is 4.79 Å². The minimum absolute atomic E-state index is 0.0350. The highest BCUT2D eigenvalue weighted by Gasteiger charge is 2.18. The number of ketones is 1. The fraction of sp³-hybridized carbons (Fsp3) is 0.239. The van der Waals surface area contributed by atoms with Gasteiger partial charge < -0.3 is 28.4 Å². The lowest BCUT2D eigenvalue weighted by molar-refractivity contribution is -0.138. The molecule has 0 amide bonds. The Morgan fingerprint density at radius 3 is 1.42 bits per heavy atom. The third kappa shape index (κ3) is 12.4. The number of rotatable bonds is 21. The van der Waals surface area contributed by atoms with E-state index >= 15 is 0 Å². The summed E-state index contributed by atoms with van der Waals surface area (Å²) in [6, 6.07) is 25.7. The molecule has 0 spiro atoms. The first-order valence-corrected chi connectivity index (χ1v) is 18.6. The van der Waals surface area contributed by atoms with Crippen molar-refractivity contribution in [2.45, 2.75) is 45.4 Å². The Kier molecular flexibility index (Phi) is 15.1. The maximum Gasteiger partial charge on any atom is 0.343 e. The number of carbonyl (C=O) groups excluding carboxylic acids is 5. The lowest BCUT2D eigenvalue weighted by Crippen LogP contribution is -2.12. The van der Waals surface area contributed by atoms with Crippen molar-refractivity contribution in [1.82, 2.24) is 0 Å². The van der Waals surface area contributed by atoms with Crippen LogP contribution in [0.1, 0.15) is 76.5 Å². The van der Waals surface area contributed by atoms with Crippen molar-refractivity contribution >= 4 is 51.2 Å². The Bertz CT molecular complexity index is 2270. The van der Waals surface area contributed by atoms with Crippen LogP contribution >= 0.6 is 0 Å². The van der Waals surface area contributed by atoms with Gasteiger partial charge in [-0.25, -0.2) is 19.2 Å². The van der Waals surface area contributed by atoms with Crippen molar-refractivity contribution in [3.8, 4) is 23.0 Å². The van der Waals surface area contributed by atoms with E-state index in [9.17, 15) is 24.0 Å². The summed E-state index contributed by atoms with van der Waals surface area (Å²) in [6.45, 7) is 9.78. The van der Waals surface area contributed by atoms with Gasteiger partial charge in [0, 0.05) is 12.2 Å². The molecule has 0 unspecified atom stereocenters. The Morgan fingerprint density at radius 2 is 0.930 bits per heavy atom. The lowest BCUT2D eigenvalue weighted by atomic mass is 10.1. The topological polar surface area (TPSA) is 141 Å². The Morgan fingerprint density at radius 1 is 0.491 bits per heavy atom. The van der Waals surface area contributed by atoms with Crippen molar-refractivity contribution in [3.63, 3.8) is 0 Å². The molecule has 0 bridgehead atoms. The normalized spacial score (nSPS) is 10.7. The molecule has 0 fully saturated rings. The highest BCUT2D eigenvalue weighted by Crippen LogP contribution is 2.29. The van der Waals surface area contributed by atoms with Crippen LogP contribution in [0.2, 0.25) is 0 Å². The van der Waals surface area contributed by atoms with E-state index in [0.717, 1.165) is 72.2 Å². The number of ether oxygens (including phenoxy) is 6. The highest BCUT2D eigenvalue weighted by atomic mass is 16.5. The van der Waals surface area contributed by atoms with Crippen LogP contribution in [-0.2, 0) is 19.1 Å². The molecule has 5 rings (SSSR count). The van der Waals surface area contributed by atoms with Gasteiger partial charge in [0.15, 0.2) is 5.78 Å². The average molecular weight is 773 g/mol. The largest absolute Gasteiger partial charge is 0.494 e. The SMILES string of the molecule is C=CC(=O)OCCCCCOc1ccc2cc(C(=O)Oc3ccc(OC(=O)c4ccc5cc(OCCCCCOC(=O)C=C)ccc5c4)c(C(C)=O)c3)ccc2c1. The monoisotopic (exact) mass is 772 g/mol. The number of hydrogen-bond donors (Lipinski definition) is 0. The minimum Gasteiger partial charge on any atom is -0.494 e. The summed E-state index contributed by atoms with van der Waals surface area (Å²) in [7, 11) is 0. The third-order valence-electron chi connectivity index (χ3n) is 8.78. The first-order valence-electron chi connectivity index (χ1n) is 18.6. The fourth-order valence-electron chi connectivity index (χ4n) is 5.75. The zero-order chi connectivity index (χ0) is 40.6. The third-order valence-corrected chi connectivity index (χ3v) is 8.78. The van der Waals surface area contributed by atoms with Crippen LogP contribution in [0.15, 0.2) is 116 Å². The van der Waals surface area contributed by atoms with Gasteiger partial charge in [-0.2, -0.15) is 0 Å². The molecular formula is C46H44O11. The second-order valence-corrected chi connectivity index (χ2v) is 13.0. The van der Waals surface area contributed by atoms with Crippen LogP contribution in [0.5, 0.6) is 23.0 Å². The number of esters is 4. The molecule has 294 valence electrons. The van der Waals surface area contributed by atoms with Crippen LogP contribution < -0.4 is 18.9 Å². The Labute approximate surface area is 330 Å². The standard InChI is InChI=1S/C46H44O11/c1-4-43(48)54-24-10-6-8-22-52-38-18-16-32-26-36(14-12-34(32)28-38)45(50)56-40-20-21-42(41(30-40)31(3)47)57-46(51)37-15-13-35-29-39(19-17-33(35)27-37)53-23-9-7-11-25-55-44(49)5-2/h4-5,12-21,26-30H,1-2,6-11,22-25H2,3H3. The molecule has 0 saturated heterocycles. The van der Waals surface area contributed by atoms with Gasteiger partial charge >= 0.3 is 23.9 Å². The average Bonchev–Trinajstić information content (AvgIpc) is 3.22. The van der Waals surface area contributed by atoms with Crippen LogP contribution in [0.4, 0.5) is 0 Å². The summed E-state index contributed by atoms with van der Waals surface area (Å²) in [5.74, 6) is -0.975. The summed E-state index contributed by atoms with van der Waals surface area (Å²) < 4.78 is 33.0. The summed E-state index contributed by atoms with van der Waals surface area (Å²) in [5, 5.41) is 3.35. The van der Waals surface area contributed by atoms with E-state index in [1.165, 1.54) is 25.1 Å². The molecule has 5 aromatic carbocycles. The number of Topliss-reactive ketones (excluding diaryl/α,β-unsaturated/α-hetero) is 1. The molecule has 0 heterocycles.